The number of aliphatic imine (C=N–C) groups is 1. The summed E-state index contributed by atoms with van der Waals surface area (Å²) < 4.78 is 5.39. The van der Waals surface area contributed by atoms with E-state index in [1.165, 1.54) is 17.7 Å². The molecule has 0 amide bonds. The van der Waals surface area contributed by atoms with E-state index in [0.29, 0.717) is 12.0 Å². The molecule has 1 unspecified atom stereocenters. The lowest BCUT2D eigenvalue weighted by atomic mass is 9.97. The molecule has 1 aromatic rings. The maximum absolute atomic E-state index is 6.14. The SMILES string of the molecule is CC1CCN(C(CN=C(N)NCCCN2CCOCC2)c2cccs2)CC1. The molecule has 2 saturated heterocycles. The summed E-state index contributed by atoms with van der Waals surface area (Å²) >= 11 is 1.83. The predicted octanol–water partition coefficient (Wildman–Crippen LogP) is 2.15. The molecule has 2 aliphatic heterocycles. The number of guanidine groups is 1. The largest absolute Gasteiger partial charge is 0.379 e. The molecule has 0 spiro atoms. The molecule has 1 atom stereocenters. The van der Waals surface area contributed by atoms with Crippen LogP contribution in [0.3, 0.4) is 0 Å². The Morgan fingerprint density at radius 3 is 2.81 bits per heavy atom. The van der Waals surface area contributed by atoms with Gasteiger partial charge in [0.2, 0.25) is 0 Å². The van der Waals surface area contributed by atoms with Crippen molar-refractivity contribution in [1.82, 2.24) is 15.1 Å². The Morgan fingerprint density at radius 1 is 1.33 bits per heavy atom. The third-order valence-corrected chi connectivity index (χ3v) is 6.60. The number of hydrogen-bond donors (Lipinski definition) is 2. The maximum atomic E-state index is 6.14. The summed E-state index contributed by atoms with van der Waals surface area (Å²) in [4.78, 5) is 11.1. The lowest BCUT2D eigenvalue weighted by Gasteiger charge is -2.35. The molecule has 0 radical (unpaired) electrons. The van der Waals surface area contributed by atoms with Gasteiger partial charge in [-0.1, -0.05) is 13.0 Å². The number of nitrogens with one attached hydrogen (secondary N) is 1. The Kier molecular flexibility index (Phi) is 8.38. The zero-order valence-corrected chi connectivity index (χ0v) is 17.4. The summed E-state index contributed by atoms with van der Waals surface area (Å²) in [7, 11) is 0. The summed E-state index contributed by atoms with van der Waals surface area (Å²) in [5.74, 6) is 1.41. The van der Waals surface area contributed by atoms with Gasteiger partial charge in [-0.2, -0.15) is 0 Å². The Labute approximate surface area is 167 Å². The number of rotatable bonds is 8. The second-order valence-electron chi connectivity index (χ2n) is 7.71. The second kappa shape index (κ2) is 11.0. The van der Waals surface area contributed by atoms with E-state index in [9.17, 15) is 0 Å². The molecule has 7 heteroatoms. The van der Waals surface area contributed by atoms with Crippen molar-refractivity contribution in [1.29, 1.82) is 0 Å². The average Bonchev–Trinajstić information content (AvgIpc) is 3.22. The fourth-order valence-corrected chi connectivity index (χ4v) is 4.64. The normalized spacial score (nSPS) is 22.0. The number of morpholine rings is 1. The quantitative estimate of drug-likeness (QED) is 0.402. The van der Waals surface area contributed by atoms with Crippen LogP contribution in [0.2, 0.25) is 0 Å². The van der Waals surface area contributed by atoms with E-state index in [1.807, 2.05) is 11.3 Å². The van der Waals surface area contributed by atoms with Crippen LogP contribution in [0, 0.1) is 5.92 Å². The van der Waals surface area contributed by atoms with Gasteiger partial charge in [-0.3, -0.25) is 14.8 Å². The molecule has 0 bridgehead atoms. The zero-order chi connectivity index (χ0) is 18.9. The van der Waals surface area contributed by atoms with E-state index in [4.69, 9.17) is 10.5 Å². The molecule has 0 aromatic carbocycles. The highest BCUT2D eigenvalue weighted by Gasteiger charge is 2.25. The van der Waals surface area contributed by atoms with Crippen LogP contribution in [0.5, 0.6) is 0 Å². The number of nitrogens with two attached hydrogens (primary N) is 1. The molecule has 3 heterocycles. The Hall–Kier alpha value is -1.15. The van der Waals surface area contributed by atoms with Gasteiger partial charge in [0, 0.05) is 24.5 Å². The van der Waals surface area contributed by atoms with Crippen molar-refractivity contribution in [3.8, 4) is 0 Å². The van der Waals surface area contributed by atoms with Gasteiger partial charge in [0.05, 0.1) is 25.8 Å². The number of piperidine rings is 1. The highest BCUT2D eigenvalue weighted by Crippen LogP contribution is 2.29. The van der Waals surface area contributed by atoms with Crippen LogP contribution in [0.25, 0.3) is 0 Å². The van der Waals surface area contributed by atoms with Crippen molar-refractivity contribution in [2.45, 2.75) is 32.2 Å². The van der Waals surface area contributed by atoms with E-state index >= 15 is 0 Å². The minimum atomic E-state index is 0.353. The van der Waals surface area contributed by atoms with Gasteiger partial charge in [0.25, 0.3) is 0 Å². The summed E-state index contributed by atoms with van der Waals surface area (Å²) in [6.45, 7) is 11.2. The number of ether oxygens (including phenoxy) is 1. The van der Waals surface area contributed by atoms with Crippen molar-refractivity contribution in [2.24, 2.45) is 16.6 Å². The van der Waals surface area contributed by atoms with E-state index in [1.54, 1.807) is 0 Å². The van der Waals surface area contributed by atoms with Crippen molar-refractivity contribution in [3.63, 3.8) is 0 Å². The van der Waals surface area contributed by atoms with Gasteiger partial charge in [-0.25, -0.2) is 0 Å². The van der Waals surface area contributed by atoms with E-state index in [0.717, 1.165) is 71.4 Å². The van der Waals surface area contributed by atoms with Crippen molar-refractivity contribution in [2.75, 3.05) is 59.0 Å². The highest BCUT2D eigenvalue weighted by atomic mass is 32.1. The first-order valence-electron chi connectivity index (χ1n) is 10.3. The van der Waals surface area contributed by atoms with Crippen LogP contribution in [0.4, 0.5) is 0 Å². The van der Waals surface area contributed by atoms with Crippen molar-refractivity contribution in [3.05, 3.63) is 22.4 Å². The zero-order valence-electron chi connectivity index (χ0n) is 16.6. The van der Waals surface area contributed by atoms with Gasteiger partial charge in [0.1, 0.15) is 0 Å². The molecule has 0 aliphatic carbocycles. The molecule has 152 valence electrons. The highest BCUT2D eigenvalue weighted by molar-refractivity contribution is 7.10. The summed E-state index contributed by atoms with van der Waals surface area (Å²) in [6, 6.07) is 4.72. The predicted molar refractivity (Wildman–Crippen MR) is 113 cm³/mol. The molecule has 3 N–H and O–H groups in total. The smallest absolute Gasteiger partial charge is 0.188 e. The standard InChI is InChI=1S/C20H35N5OS/c1-17-5-9-25(10-6-17)18(19-4-2-15-27-19)16-23-20(21)22-7-3-8-24-11-13-26-14-12-24/h2,4,15,17-18H,3,5-14,16H2,1H3,(H3,21,22,23). The second-order valence-corrected chi connectivity index (χ2v) is 8.69. The maximum Gasteiger partial charge on any atom is 0.188 e. The lowest BCUT2D eigenvalue weighted by Crippen LogP contribution is -2.40. The van der Waals surface area contributed by atoms with Gasteiger partial charge < -0.3 is 15.8 Å². The van der Waals surface area contributed by atoms with Crippen molar-refractivity contribution >= 4 is 17.3 Å². The van der Waals surface area contributed by atoms with Crippen LogP contribution >= 0.6 is 11.3 Å². The first kappa shape index (κ1) is 20.6. The average molecular weight is 394 g/mol. The minimum Gasteiger partial charge on any atom is -0.379 e. The van der Waals surface area contributed by atoms with E-state index in [-0.39, 0.29) is 0 Å². The fraction of sp³-hybridized carbons (Fsp3) is 0.750. The van der Waals surface area contributed by atoms with E-state index in [2.05, 4.69) is 44.5 Å². The molecular weight excluding hydrogens is 358 g/mol. The number of thiophene rings is 1. The minimum absolute atomic E-state index is 0.353. The molecule has 2 fully saturated rings. The molecule has 2 aliphatic rings. The van der Waals surface area contributed by atoms with Crippen molar-refractivity contribution < 1.29 is 4.74 Å². The molecule has 1 aromatic heterocycles. The molecule has 27 heavy (non-hydrogen) atoms. The van der Waals surface area contributed by atoms with Gasteiger partial charge >= 0.3 is 0 Å². The molecule has 3 rings (SSSR count). The monoisotopic (exact) mass is 393 g/mol. The number of nitrogens with zero attached hydrogens (tertiary/aromatic N) is 3. The molecule has 0 saturated carbocycles. The van der Waals surface area contributed by atoms with E-state index < -0.39 is 0 Å². The number of hydrogen-bond acceptors (Lipinski definition) is 5. The van der Waals surface area contributed by atoms with Crippen LogP contribution in [-0.2, 0) is 4.74 Å². The Bertz CT molecular complexity index is 551. The third-order valence-electron chi connectivity index (χ3n) is 5.63. The van der Waals surface area contributed by atoms with Crippen LogP contribution < -0.4 is 11.1 Å². The van der Waals surface area contributed by atoms with Gasteiger partial charge in [0.15, 0.2) is 5.96 Å². The molecular formula is C20H35N5OS. The number of likely N-dealkylation sites (tertiary alicyclic amines) is 1. The lowest BCUT2D eigenvalue weighted by molar-refractivity contribution is 0.0376. The van der Waals surface area contributed by atoms with Crippen LogP contribution in [0.1, 0.15) is 37.1 Å². The summed E-state index contributed by atoms with van der Waals surface area (Å²) in [5, 5.41) is 5.45. The Balaban J connectivity index is 1.43. The first-order chi connectivity index (χ1) is 13.2. The van der Waals surface area contributed by atoms with Crippen LogP contribution in [-0.4, -0.2) is 74.8 Å². The van der Waals surface area contributed by atoms with Gasteiger partial charge in [-0.15, -0.1) is 11.3 Å². The topological polar surface area (TPSA) is 66.1 Å². The summed E-state index contributed by atoms with van der Waals surface area (Å²) in [6.07, 6.45) is 3.64. The molecule has 6 nitrogen and oxygen atoms in total. The summed E-state index contributed by atoms with van der Waals surface area (Å²) in [5.41, 5.74) is 6.14. The fourth-order valence-electron chi connectivity index (χ4n) is 3.79. The van der Waals surface area contributed by atoms with Gasteiger partial charge in [-0.05, 0) is 56.3 Å². The first-order valence-corrected chi connectivity index (χ1v) is 11.2. The third kappa shape index (κ3) is 6.75. The Morgan fingerprint density at radius 2 is 2.11 bits per heavy atom. The van der Waals surface area contributed by atoms with Crippen LogP contribution in [0.15, 0.2) is 22.5 Å².